The lowest BCUT2D eigenvalue weighted by Gasteiger charge is -2.13. The molecular formula is C16H15Cl4N. The molecular weight excluding hydrogens is 348 g/mol. The van der Waals surface area contributed by atoms with Crippen molar-refractivity contribution >= 4 is 46.4 Å². The van der Waals surface area contributed by atoms with Crippen molar-refractivity contribution in [3.05, 3.63) is 56.0 Å². The lowest BCUT2D eigenvalue weighted by atomic mass is 10.0. The summed E-state index contributed by atoms with van der Waals surface area (Å²) in [5.74, 6) is 0. The summed E-state index contributed by atoms with van der Waals surface area (Å²) in [4.78, 5) is 0. The Labute approximate surface area is 145 Å². The number of hydrogen-bond acceptors (Lipinski definition) is 1. The first-order valence-corrected chi connectivity index (χ1v) is 8.06. The second kappa shape index (κ2) is 7.21. The minimum atomic E-state index is 0.382. The smallest absolute Gasteiger partial charge is 0.0514 e. The third-order valence-corrected chi connectivity index (χ3v) is 4.23. The number of hydrogen-bond donors (Lipinski definition) is 1. The summed E-state index contributed by atoms with van der Waals surface area (Å²) in [5, 5.41) is 5.63. The van der Waals surface area contributed by atoms with E-state index in [2.05, 4.69) is 19.2 Å². The van der Waals surface area contributed by atoms with Gasteiger partial charge in [-0.1, -0.05) is 66.3 Å². The average Bonchev–Trinajstić information content (AvgIpc) is 2.37. The maximum Gasteiger partial charge on any atom is 0.0514 e. The summed E-state index contributed by atoms with van der Waals surface area (Å²) in [5.41, 5.74) is 2.70. The summed E-state index contributed by atoms with van der Waals surface area (Å²) in [6.45, 7) is 4.86. The predicted octanol–water partition coefficient (Wildman–Crippen LogP) is 6.47. The molecule has 0 saturated heterocycles. The zero-order chi connectivity index (χ0) is 15.6. The molecule has 2 rings (SSSR count). The summed E-state index contributed by atoms with van der Waals surface area (Å²) in [6, 6.07) is 9.51. The molecule has 0 heterocycles. The van der Waals surface area contributed by atoms with E-state index in [1.54, 1.807) is 12.1 Å². The van der Waals surface area contributed by atoms with Crippen molar-refractivity contribution in [2.75, 3.05) is 0 Å². The molecule has 2 aromatic carbocycles. The Kier molecular flexibility index (Phi) is 5.81. The molecule has 1 nitrogen and oxygen atoms in total. The molecule has 0 aromatic heterocycles. The number of rotatable bonds is 4. The fourth-order valence-corrected chi connectivity index (χ4v) is 3.22. The van der Waals surface area contributed by atoms with Crippen LogP contribution in [0.1, 0.15) is 19.4 Å². The van der Waals surface area contributed by atoms with Crippen LogP contribution in [0.2, 0.25) is 20.1 Å². The van der Waals surface area contributed by atoms with Crippen molar-refractivity contribution in [3.63, 3.8) is 0 Å². The van der Waals surface area contributed by atoms with Crippen molar-refractivity contribution < 1.29 is 0 Å². The van der Waals surface area contributed by atoms with Gasteiger partial charge in [-0.15, -0.1) is 0 Å². The third-order valence-electron chi connectivity index (χ3n) is 3.04. The lowest BCUT2D eigenvalue weighted by Crippen LogP contribution is -2.22. The molecule has 0 radical (unpaired) electrons. The highest BCUT2D eigenvalue weighted by atomic mass is 35.5. The van der Waals surface area contributed by atoms with Crippen LogP contribution in [0.5, 0.6) is 0 Å². The Bertz CT molecular complexity index is 630. The molecule has 0 atom stereocenters. The van der Waals surface area contributed by atoms with Gasteiger partial charge >= 0.3 is 0 Å². The van der Waals surface area contributed by atoms with Gasteiger partial charge in [0.05, 0.1) is 10.0 Å². The van der Waals surface area contributed by atoms with Crippen molar-refractivity contribution in [2.45, 2.75) is 26.4 Å². The van der Waals surface area contributed by atoms with E-state index in [9.17, 15) is 0 Å². The Balaban J connectivity index is 2.44. The van der Waals surface area contributed by atoms with Crippen LogP contribution in [-0.2, 0) is 6.54 Å². The Morgan fingerprint density at radius 3 is 2.10 bits per heavy atom. The Morgan fingerprint density at radius 1 is 0.905 bits per heavy atom. The summed E-state index contributed by atoms with van der Waals surface area (Å²) in [7, 11) is 0. The van der Waals surface area contributed by atoms with Crippen molar-refractivity contribution in [2.24, 2.45) is 0 Å². The van der Waals surface area contributed by atoms with E-state index >= 15 is 0 Å². The molecule has 0 saturated carbocycles. The van der Waals surface area contributed by atoms with Crippen molar-refractivity contribution in [1.29, 1.82) is 0 Å². The summed E-state index contributed by atoms with van der Waals surface area (Å²) in [6.07, 6.45) is 0. The molecule has 0 aliphatic carbocycles. The summed E-state index contributed by atoms with van der Waals surface area (Å²) >= 11 is 24.7. The standard InChI is InChI=1S/C16H15Cl4N/c1-9(2)21-8-11-5-10(3-4-13(11)18)16-14(19)6-12(17)7-15(16)20/h3-7,9,21H,8H2,1-2H3. The van der Waals surface area contributed by atoms with Gasteiger partial charge in [-0.25, -0.2) is 0 Å². The van der Waals surface area contributed by atoms with E-state index in [4.69, 9.17) is 46.4 Å². The van der Waals surface area contributed by atoms with E-state index < -0.39 is 0 Å². The molecule has 5 heteroatoms. The summed E-state index contributed by atoms with van der Waals surface area (Å²) < 4.78 is 0. The Hall–Kier alpha value is -0.440. The van der Waals surface area contributed by atoms with E-state index in [1.807, 2.05) is 18.2 Å². The molecule has 1 N–H and O–H groups in total. The highest BCUT2D eigenvalue weighted by Gasteiger charge is 2.12. The first kappa shape index (κ1) is 16.9. The molecule has 0 amide bonds. The molecule has 0 spiro atoms. The molecule has 0 aliphatic rings. The molecule has 112 valence electrons. The predicted molar refractivity (Wildman–Crippen MR) is 93.9 cm³/mol. The second-order valence-corrected chi connectivity index (χ2v) is 6.74. The highest BCUT2D eigenvalue weighted by Crippen LogP contribution is 2.38. The first-order chi connectivity index (χ1) is 9.88. The number of halogens is 4. The van der Waals surface area contributed by atoms with Gasteiger partial charge in [-0.05, 0) is 35.4 Å². The van der Waals surface area contributed by atoms with Gasteiger partial charge in [0.25, 0.3) is 0 Å². The van der Waals surface area contributed by atoms with Gasteiger partial charge in [-0.3, -0.25) is 0 Å². The topological polar surface area (TPSA) is 12.0 Å². The van der Waals surface area contributed by atoms with Crippen LogP contribution < -0.4 is 5.32 Å². The fourth-order valence-electron chi connectivity index (χ4n) is 2.00. The monoisotopic (exact) mass is 361 g/mol. The van der Waals surface area contributed by atoms with Crippen LogP contribution in [-0.4, -0.2) is 6.04 Å². The quantitative estimate of drug-likeness (QED) is 0.657. The van der Waals surface area contributed by atoms with Crippen LogP contribution in [0.3, 0.4) is 0 Å². The van der Waals surface area contributed by atoms with Crippen LogP contribution in [0.4, 0.5) is 0 Å². The zero-order valence-electron chi connectivity index (χ0n) is 11.7. The average molecular weight is 363 g/mol. The van der Waals surface area contributed by atoms with Gasteiger partial charge < -0.3 is 5.32 Å². The maximum atomic E-state index is 6.27. The van der Waals surface area contributed by atoms with Gasteiger partial charge in [0, 0.05) is 28.2 Å². The molecule has 0 aliphatic heterocycles. The highest BCUT2D eigenvalue weighted by molar-refractivity contribution is 6.41. The number of nitrogens with one attached hydrogen (secondary N) is 1. The minimum absolute atomic E-state index is 0.382. The Morgan fingerprint density at radius 2 is 1.52 bits per heavy atom. The second-order valence-electron chi connectivity index (χ2n) is 5.09. The SMILES string of the molecule is CC(C)NCc1cc(-c2c(Cl)cc(Cl)cc2Cl)ccc1Cl. The van der Waals surface area contributed by atoms with E-state index in [1.165, 1.54) is 0 Å². The van der Waals surface area contributed by atoms with E-state index in [0.717, 1.165) is 16.7 Å². The van der Waals surface area contributed by atoms with Crippen LogP contribution in [0.25, 0.3) is 11.1 Å². The molecule has 0 bridgehead atoms. The van der Waals surface area contributed by atoms with Crippen molar-refractivity contribution in [1.82, 2.24) is 5.32 Å². The largest absolute Gasteiger partial charge is 0.310 e. The molecule has 0 unspecified atom stereocenters. The van der Waals surface area contributed by atoms with E-state index in [0.29, 0.717) is 32.7 Å². The van der Waals surface area contributed by atoms with Crippen LogP contribution in [0.15, 0.2) is 30.3 Å². The van der Waals surface area contributed by atoms with Crippen LogP contribution >= 0.6 is 46.4 Å². The van der Waals surface area contributed by atoms with Crippen molar-refractivity contribution in [3.8, 4) is 11.1 Å². The van der Waals surface area contributed by atoms with Gasteiger partial charge in [-0.2, -0.15) is 0 Å². The zero-order valence-corrected chi connectivity index (χ0v) is 14.7. The molecule has 2 aromatic rings. The van der Waals surface area contributed by atoms with Crippen LogP contribution in [0, 0.1) is 0 Å². The molecule has 21 heavy (non-hydrogen) atoms. The lowest BCUT2D eigenvalue weighted by molar-refractivity contribution is 0.589. The molecule has 0 fully saturated rings. The normalized spacial score (nSPS) is 11.2. The van der Waals surface area contributed by atoms with Gasteiger partial charge in [0.2, 0.25) is 0 Å². The van der Waals surface area contributed by atoms with E-state index in [-0.39, 0.29) is 0 Å². The first-order valence-electron chi connectivity index (χ1n) is 6.55. The maximum absolute atomic E-state index is 6.27. The van der Waals surface area contributed by atoms with Gasteiger partial charge in [0.15, 0.2) is 0 Å². The number of benzene rings is 2. The fraction of sp³-hybridized carbons (Fsp3) is 0.250. The minimum Gasteiger partial charge on any atom is -0.310 e. The third kappa shape index (κ3) is 4.28. The van der Waals surface area contributed by atoms with Gasteiger partial charge in [0.1, 0.15) is 0 Å².